The number of hydrogen-bond acceptors (Lipinski definition) is 2. The standard InChI is InChI=1S/C10H11BrN2O/c1-2-5-12-6-8-13-7-3-4-9(11)10(13)14/h1,3-4,7,12H,5-6,8H2. The normalized spacial score (nSPS) is 9.71. The van der Waals surface area contributed by atoms with Crippen molar-refractivity contribution in [3.63, 3.8) is 0 Å². The van der Waals surface area contributed by atoms with Gasteiger partial charge < -0.3 is 9.88 Å². The van der Waals surface area contributed by atoms with E-state index in [1.165, 1.54) is 0 Å². The first-order valence-electron chi connectivity index (χ1n) is 4.25. The fourth-order valence-corrected chi connectivity index (χ4v) is 1.42. The molecule has 1 aromatic heterocycles. The summed E-state index contributed by atoms with van der Waals surface area (Å²) in [5, 5.41) is 3.02. The molecule has 0 saturated carbocycles. The van der Waals surface area contributed by atoms with Gasteiger partial charge in [0.25, 0.3) is 5.56 Å². The van der Waals surface area contributed by atoms with Crippen molar-refractivity contribution >= 4 is 15.9 Å². The van der Waals surface area contributed by atoms with Crippen LogP contribution in [0.25, 0.3) is 0 Å². The summed E-state index contributed by atoms with van der Waals surface area (Å²) in [6, 6.07) is 3.56. The van der Waals surface area contributed by atoms with Gasteiger partial charge in [0.15, 0.2) is 0 Å². The maximum atomic E-state index is 11.5. The van der Waals surface area contributed by atoms with Gasteiger partial charge in [0, 0.05) is 19.3 Å². The summed E-state index contributed by atoms with van der Waals surface area (Å²) in [6.07, 6.45) is 6.83. The molecule has 0 bridgehead atoms. The van der Waals surface area contributed by atoms with Crippen LogP contribution < -0.4 is 10.9 Å². The van der Waals surface area contributed by atoms with E-state index in [0.717, 1.165) is 0 Å². The van der Waals surface area contributed by atoms with Crippen molar-refractivity contribution in [3.8, 4) is 12.3 Å². The molecule has 4 heteroatoms. The quantitative estimate of drug-likeness (QED) is 0.638. The van der Waals surface area contributed by atoms with Gasteiger partial charge in [-0.25, -0.2) is 0 Å². The molecular weight excluding hydrogens is 244 g/mol. The third-order valence-electron chi connectivity index (χ3n) is 1.73. The van der Waals surface area contributed by atoms with E-state index in [0.29, 0.717) is 24.1 Å². The Morgan fingerprint density at radius 2 is 2.43 bits per heavy atom. The Hall–Kier alpha value is -1.05. The fourth-order valence-electron chi connectivity index (χ4n) is 1.04. The summed E-state index contributed by atoms with van der Waals surface area (Å²) >= 11 is 3.18. The molecule has 0 fully saturated rings. The summed E-state index contributed by atoms with van der Waals surface area (Å²) in [6.45, 7) is 1.85. The molecule has 1 aromatic rings. The Labute approximate surface area is 91.3 Å². The predicted octanol–water partition coefficient (Wildman–Crippen LogP) is 0.834. The Balaban J connectivity index is 2.56. The second-order valence-corrected chi connectivity index (χ2v) is 3.59. The summed E-state index contributed by atoms with van der Waals surface area (Å²) in [4.78, 5) is 11.5. The minimum absolute atomic E-state index is 0.0185. The molecule has 1 N–H and O–H groups in total. The first kappa shape index (κ1) is 11.0. The zero-order chi connectivity index (χ0) is 10.4. The molecular formula is C10H11BrN2O. The molecule has 0 atom stereocenters. The van der Waals surface area contributed by atoms with Gasteiger partial charge in [0.2, 0.25) is 0 Å². The number of pyridine rings is 1. The average molecular weight is 255 g/mol. The lowest BCUT2D eigenvalue weighted by Crippen LogP contribution is -2.27. The third kappa shape index (κ3) is 3.02. The van der Waals surface area contributed by atoms with E-state index >= 15 is 0 Å². The Morgan fingerprint density at radius 3 is 3.14 bits per heavy atom. The van der Waals surface area contributed by atoms with Crippen molar-refractivity contribution in [2.75, 3.05) is 13.1 Å². The highest BCUT2D eigenvalue weighted by Crippen LogP contribution is 1.99. The van der Waals surface area contributed by atoms with Crippen molar-refractivity contribution in [1.29, 1.82) is 0 Å². The number of aromatic nitrogens is 1. The molecule has 0 amide bonds. The van der Waals surface area contributed by atoms with Crippen LogP contribution in [0.5, 0.6) is 0 Å². The molecule has 74 valence electrons. The molecule has 0 saturated heterocycles. The molecule has 1 heterocycles. The fraction of sp³-hybridized carbons (Fsp3) is 0.300. The van der Waals surface area contributed by atoms with Crippen LogP contribution >= 0.6 is 15.9 Å². The lowest BCUT2D eigenvalue weighted by atomic mass is 10.4. The topological polar surface area (TPSA) is 34.0 Å². The number of nitrogens with zero attached hydrogens (tertiary/aromatic N) is 1. The predicted molar refractivity (Wildman–Crippen MR) is 60.1 cm³/mol. The number of terminal acetylenes is 1. The van der Waals surface area contributed by atoms with Gasteiger partial charge in [-0.15, -0.1) is 6.42 Å². The van der Waals surface area contributed by atoms with Gasteiger partial charge in [0.1, 0.15) is 0 Å². The summed E-state index contributed by atoms with van der Waals surface area (Å²) in [5.74, 6) is 2.47. The molecule has 0 aromatic carbocycles. The summed E-state index contributed by atoms with van der Waals surface area (Å²) in [7, 11) is 0. The maximum Gasteiger partial charge on any atom is 0.264 e. The SMILES string of the molecule is C#CCNCCn1cccc(Br)c1=O. The summed E-state index contributed by atoms with van der Waals surface area (Å²) in [5.41, 5.74) is -0.0185. The lowest BCUT2D eigenvalue weighted by Gasteiger charge is -2.05. The van der Waals surface area contributed by atoms with Crippen LogP contribution in [0.1, 0.15) is 0 Å². The van der Waals surface area contributed by atoms with E-state index in [9.17, 15) is 4.79 Å². The average Bonchev–Trinajstić information content (AvgIpc) is 2.19. The molecule has 3 nitrogen and oxygen atoms in total. The van der Waals surface area contributed by atoms with E-state index in [-0.39, 0.29) is 5.56 Å². The van der Waals surface area contributed by atoms with Crippen molar-refractivity contribution < 1.29 is 0 Å². The molecule has 0 aliphatic carbocycles. The van der Waals surface area contributed by atoms with E-state index < -0.39 is 0 Å². The van der Waals surface area contributed by atoms with Crippen molar-refractivity contribution in [3.05, 3.63) is 33.2 Å². The van der Waals surface area contributed by atoms with E-state index in [4.69, 9.17) is 6.42 Å². The number of halogens is 1. The van der Waals surface area contributed by atoms with E-state index in [1.807, 2.05) is 6.07 Å². The van der Waals surface area contributed by atoms with Crippen LogP contribution in [0.4, 0.5) is 0 Å². The van der Waals surface area contributed by atoms with Crippen LogP contribution in [0.3, 0.4) is 0 Å². The van der Waals surface area contributed by atoms with Crippen molar-refractivity contribution in [1.82, 2.24) is 9.88 Å². The van der Waals surface area contributed by atoms with Crippen molar-refractivity contribution in [2.24, 2.45) is 0 Å². The molecule has 1 rings (SSSR count). The molecule has 14 heavy (non-hydrogen) atoms. The highest BCUT2D eigenvalue weighted by Gasteiger charge is 1.98. The Morgan fingerprint density at radius 1 is 1.64 bits per heavy atom. The van der Waals surface area contributed by atoms with Crippen molar-refractivity contribution in [2.45, 2.75) is 6.54 Å². The van der Waals surface area contributed by atoms with Crippen LogP contribution in [0.2, 0.25) is 0 Å². The van der Waals surface area contributed by atoms with Gasteiger partial charge in [-0.1, -0.05) is 5.92 Å². The monoisotopic (exact) mass is 254 g/mol. The molecule has 0 aliphatic heterocycles. The molecule has 0 spiro atoms. The van der Waals surface area contributed by atoms with Gasteiger partial charge in [-0.3, -0.25) is 4.79 Å². The van der Waals surface area contributed by atoms with E-state index in [1.54, 1.807) is 16.8 Å². The van der Waals surface area contributed by atoms with Gasteiger partial charge in [-0.05, 0) is 28.1 Å². The van der Waals surface area contributed by atoms with Gasteiger partial charge in [-0.2, -0.15) is 0 Å². The van der Waals surface area contributed by atoms with E-state index in [2.05, 4.69) is 27.2 Å². The third-order valence-corrected chi connectivity index (χ3v) is 2.33. The smallest absolute Gasteiger partial charge is 0.264 e. The first-order valence-corrected chi connectivity index (χ1v) is 5.04. The van der Waals surface area contributed by atoms with Crippen LogP contribution in [0, 0.1) is 12.3 Å². The minimum Gasteiger partial charge on any atom is -0.313 e. The Bertz CT molecular complexity index is 392. The zero-order valence-corrected chi connectivity index (χ0v) is 9.25. The van der Waals surface area contributed by atoms with Gasteiger partial charge in [0.05, 0.1) is 11.0 Å². The number of rotatable bonds is 4. The second kappa shape index (κ2) is 5.63. The largest absolute Gasteiger partial charge is 0.313 e. The molecule has 0 unspecified atom stereocenters. The number of hydrogen-bond donors (Lipinski definition) is 1. The highest BCUT2D eigenvalue weighted by atomic mass is 79.9. The van der Waals surface area contributed by atoms with Crippen LogP contribution in [-0.4, -0.2) is 17.7 Å². The van der Waals surface area contributed by atoms with Gasteiger partial charge >= 0.3 is 0 Å². The van der Waals surface area contributed by atoms with Crippen LogP contribution in [0.15, 0.2) is 27.6 Å². The second-order valence-electron chi connectivity index (χ2n) is 2.74. The minimum atomic E-state index is -0.0185. The zero-order valence-electron chi connectivity index (χ0n) is 7.66. The Kier molecular flexibility index (Phi) is 4.44. The number of nitrogens with one attached hydrogen (secondary N) is 1. The summed E-state index contributed by atoms with van der Waals surface area (Å²) < 4.78 is 2.21. The lowest BCUT2D eigenvalue weighted by molar-refractivity contribution is 0.611. The highest BCUT2D eigenvalue weighted by molar-refractivity contribution is 9.10. The maximum absolute atomic E-state index is 11.5. The first-order chi connectivity index (χ1) is 6.75. The van der Waals surface area contributed by atoms with Crippen LogP contribution in [-0.2, 0) is 6.54 Å². The molecule has 0 aliphatic rings. The molecule has 0 radical (unpaired) electrons.